The van der Waals surface area contributed by atoms with Crippen LogP contribution in [0.25, 0.3) is 0 Å². The number of pyridine rings is 1. The number of hydrogen-bond acceptors (Lipinski definition) is 1. The molecule has 2 aromatic rings. The van der Waals surface area contributed by atoms with Crippen LogP contribution in [0.4, 0.5) is 0 Å². The van der Waals surface area contributed by atoms with E-state index in [1.807, 2.05) is 53.4 Å². The summed E-state index contributed by atoms with van der Waals surface area (Å²) in [5.41, 5.74) is 0.723. The van der Waals surface area contributed by atoms with E-state index in [-0.39, 0.29) is 22.8 Å². The highest BCUT2D eigenvalue weighted by Crippen LogP contribution is 2.11. The standard InChI is InChI=1S/C13H10Br2NO.BrH/c14-11-5-3-10(4-6-11)13(17)9-16-7-1-2-12(15)8-16;/h1-8H,9H2;1H/q+1;/p-1. The van der Waals surface area contributed by atoms with Crippen molar-refractivity contribution in [1.82, 2.24) is 0 Å². The van der Waals surface area contributed by atoms with Crippen LogP contribution in [0, 0.1) is 0 Å². The molecule has 1 heterocycles. The molecule has 0 saturated carbocycles. The molecule has 0 saturated heterocycles. The first-order chi connectivity index (χ1) is 8.15. The van der Waals surface area contributed by atoms with Crippen molar-refractivity contribution >= 4 is 37.6 Å². The maximum Gasteiger partial charge on any atom is 0.227 e. The molecule has 18 heavy (non-hydrogen) atoms. The van der Waals surface area contributed by atoms with Gasteiger partial charge in [0.05, 0.1) is 4.47 Å². The molecule has 0 amide bonds. The summed E-state index contributed by atoms with van der Waals surface area (Å²) in [7, 11) is 0. The molecule has 0 aliphatic carbocycles. The van der Waals surface area contributed by atoms with Crippen LogP contribution in [0.15, 0.2) is 57.7 Å². The first kappa shape index (κ1) is 15.5. The number of rotatable bonds is 3. The molecule has 0 radical (unpaired) electrons. The maximum absolute atomic E-state index is 12.0. The summed E-state index contributed by atoms with van der Waals surface area (Å²) < 4.78 is 3.79. The normalized spacial score (nSPS) is 9.67. The Labute approximate surface area is 133 Å². The molecular weight excluding hydrogens is 426 g/mol. The summed E-state index contributed by atoms with van der Waals surface area (Å²) >= 11 is 6.73. The van der Waals surface area contributed by atoms with Crippen molar-refractivity contribution in [3.05, 3.63) is 63.3 Å². The molecule has 0 unspecified atom stereocenters. The molecule has 5 heteroatoms. The zero-order chi connectivity index (χ0) is 12.3. The Kier molecular flexibility index (Phi) is 6.18. The quantitative estimate of drug-likeness (QED) is 0.504. The molecule has 94 valence electrons. The number of carbonyl (C=O) groups is 1. The lowest BCUT2D eigenvalue weighted by Gasteiger charge is -1.99. The monoisotopic (exact) mass is 433 g/mol. The van der Waals surface area contributed by atoms with Crippen molar-refractivity contribution in [2.45, 2.75) is 6.54 Å². The number of ketones is 1. The van der Waals surface area contributed by atoms with Crippen LogP contribution < -0.4 is 21.5 Å². The fourth-order valence-electron chi connectivity index (χ4n) is 1.48. The van der Waals surface area contributed by atoms with Gasteiger partial charge in [-0.05, 0) is 34.1 Å². The Balaban J connectivity index is 0.00000162. The largest absolute Gasteiger partial charge is 1.00 e. The van der Waals surface area contributed by atoms with E-state index in [0.29, 0.717) is 6.54 Å². The number of aromatic nitrogens is 1. The molecule has 0 aliphatic rings. The van der Waals surface area contributed by atoms with Crippen LogP contribution in [-0.4, -0.2) is 5.78 Å². The summed E-state index contributed by atoms with van der Waals surface area (Å²) in [6.45, 7) is 0.348. The average molecular weight is 436 g/mol. The van der Waals surface area contributed by atoms with Gasteiger partial charge in [-0.2, -0.15) is 4.57 Å². The summed E-state index contributed by atoms with van der Waals surface area (Å²) in [5, 5.41) is 0. The molecule has 1 aromatic carbocycles. The minimum absolute atomic E-state index is 0. The predicted octanol–water partition coefficient (Wildman–Crippen LogP) is 0.386. The number of nitrogens with zero attached hydrogens (tertiary/aromatic N) is 1. The lowest BCUT2D eigenvalue weighted by molar-refractivity contribution is -0.683. The zero-order valence-corrected chi connectivity index (χ0v) is 14.1. The van der Waals surface area contributed by atoms with E-state index in [0.717, 1.165) is 14.5 Å². The minimum atomic E-state index is 0. The molecule has 1 aromatic heterocycles. The summed E-state index contributed by atoms with van der Waals surface area (Å²) in [5.74, 6) is 0.0978. The van der Waals surface area contributed by atoms with Crippen molar-refractivity contribution in [1.29, 1.82) is 0 Å². The van der Waals surface area contributed by atoms with E-state index in [1.165, 1.54) is 0 Å². The van der Waals surface area contributed by atoms with E-state index in [1.54, 1.807) is 0 Å². The Morgan fingerprint density at radius 1 is 1.06 bits per heavy atom. The third-order valence-electron chi connectivity index (χ3n) is 2.31. The Bertz CT molecular complexity index is 540. The summed E-state index contributed by atoms with van der Waals surface area (Å²) in [6.07, 6.45) is 3.76. The first-order valence-corrected chi connectivity index (χ1v) is 6.67. The van der Waals surface area contributed by atoms with Gasteiger partial charge in [0.1, 0.15) is 0 Å². The Morgan fingerprint density at radius 3 is 2.33 bits per heavy atom. The van der Waals surface area contributed by atoms with Gasteiger partial charge in [-0.25, -0.2) is 0 Å². The van der Waals surface area contributed by atoms with Crippen molar-refractivity contribution in [2.24, 2.45) is 0 Å². The van der Waals surface area contributed by atoms with Gasteiger partial charge in [-0.15, -0.1) is 0 Å². The molecule has 0 spiro atoms. The smallest absolute Gasteiger partial charge is 0.227 e. The third kappa shape index (κ3) is 4.30. The van der Waals surface area contributed by atoms with Crippen LogP contribution in [0.3, 0.4) is 0 Å². The van der Waals surface area contributed by atoms with Gasteiger partial charge in [0.25, 0.3) is 0 Å². The summed E-state index contributed by atoms with van der Waals surface area (Å²) in [6, 6.07) is 11.2. The van der Waals surface area contributed by atoms with Gasteiger partial charge in [0, 0.05) is 16.1 Å². The number of halogens is 3. The van der Waals surface area contributed by atoms with Crippen LogP contribution >= 0.6 is 31.9 Å². The van der Waals surface area contributed by atoms with Gasteiger partial charge >= 0.3 is 0 Å². The molecule has 0 N–H and O–H groups in total. The second-order valence-corrected chi connectivity index (χ2v) is 5.46. The fraction of sp³-hybridized carbons (Fsp3) is 0.0769. The van der Waals surface area contributed by atoms with Crippen LogP contribution in [0.2, 0.25) is 0 Å². The number of benzene rings is 1. The molecule has 2 rings (SSSR count). The second-order valence-electron chi connectivity index (χ2n) is 3.62. The highest BCUT2D eigenvalue weighted by Gasteiger charge is 2.11. The van der Waals surface area contributed by atoms with Gasteiger partial charge in [-0.3, -0.25) is 4.79 Å². The van der Waals surface area contributed by atoms with E-state index >= 15 is 0 Å². The SMILES string of the molecule is O=C(C[n+]1cccc(Br)c1)c1ccc(Br)cc1.[Br-]. The van der Waals surface area contributed by atoms with E-state index in [4.69, 9.17) is 0 Å². The van der Waals surface area contributed by atoms with Crippen LogP contribution in [0.1, 0.15) is 10.4 Å². The lowest BCUT2D eigenvalue weighted by Crippen LogP contribution is -3.00. The van der Waals surface area contributed by atoms with E-state index in [2.05, 4.69) is 31.9 Å². The fourth-order valence-corrected chi connectivity index (χ4v) is 2.16. The summed E-state index contributed by atoms with van der Waals surface area (Å²) in [4.78, 5) is 12.0. The van der Waals surface area contributed by atoms with Gasteiger partial charge in [-0.1, -0.05) is 28.1 Å². The molecule has 0 atom stereocenters. The third-order valence-corrected chi connectivity index (χ3v) is 3.31. The molecule has 0 bridgehead atoms. The topological polar surface area (TPSA) is 20.9 Å². The Hall–Kier alpha value is -0.520. The second kappa shape index (κ2) is 7.16. The average Bonchev–Trinajstić information content (AvgIpc) is 2.29. The predicted molar refractivity (Wildman–Crippen MR) is 72.8 cm³/mol. The van der Waals surface area contributed by atoms with Crippen molar-refractivity contribution in [3.63, 3.8) is 0 Å². The lowest BCUT2D eigenvalue weighted by atomic mass is 10.1. The number of hydrogen-bond donors (Lipinski definition) is 0. The molecular formula is C13H10Br3NO. The first-order valence-electron chi connectivity index (χ1n) is 5.08. The van der Waals surface area contributed by atoms with Crippen molar-refractivity contribution in [2.75, 3.05) is 0 Å². The van der Waals surface area contributed by atoms with Crippen molar-refractivity contribution < 1.29 is 26.3 Å². The van der Waals surface area contributed by atoms with Gasteiger partial charge in [0.15, 0.2) is 12.4 Å². The zero-order valence-electron chi connectivity index (χ0n) is 9.32. The van der Waals surface area contributed by atoms with E-state index in [9.17, 15) is 4.79 Å². The highest BCUT2D eigenvalue weighted by molar-refractivity contribution is 9.10. The van der Waals surface area contributed by atoms with Crippen LogP contribution in [0.5, 0.6) is 0 Å². The highest BCUT2D eigenvalue weighted by atomic mass is 79.9. The van der Waals surface area contributed by atoms with Gasteiger partial charge in [0.2, 0.25) is 12.3 Å². The van der Waals surface area contributed by atoms with Gasteiger partial charge < -0.3 is 17.0 Å². The number of carbonyl (C=O) groups excluding carboxylic acids is 1. The maximum atomic E-state index is 12.0. The minimum Gasteiger partial charge on any atom is -1.00 e. The van der Waals surface area contributed by atoms with E-state index < -0.39 is 0 Å². The van der Waals surface area contributed by atoms with Crippen LogP contribution in [-0.2, 0) is 6.54 Å². The number of Topliss-reactive ketones (excluding diaryl/α,β-unsaturated/α-hetero) is 1. The Morgan fingerprint density at radius 2 is 1.72 bits per heavy atom. The molecule has 2 nitrogen and oxygen atoms in total. The molecule has 0 aliphatic heterocycles. The molecule has 0 fully saturated rings. The van der Waals surface area contributed by atoms with Crippen molar-refractivity contribution in [3.8, 4) is 0 Å².